The minimum absolute atomic E-state index is 0.136. The number of ether oxygens (including phenoxy) is 1. The van der Waals surface area contributed by atoms with Crippen molar-refractivity contribution in [3.05, 3.63) is 44.7 Å². The third-order valence-electron chi connectivity index (χ3n) is 4.24. The molecule has 0 radical (unpaired) electrons. The fraction of sp³-hybridized carbons (Fsp3) is 0.368. The summed E-state index contributed by atoms with van der Waals surface area (Å²) in [4.78, 5) is 19.2. The summed E-state index contributed by atoms with van der Waals surface area (Å²) < 4.78 is 21.2. The number of nitrogens with zero attached hydrogens (tertiary/aromatic N) is 1. The van der Waals surface area contributed by atoms with Gasteiger partial charge in [0.2, 0.25) is 0 Å². The monoisotopic (exact) mass is 406 g/mol. The van der Waals surface area contributed by atoms with E-state index in [0.29, 0.717) is 38.9 Å². The van der Waals surface area contributed by atoms with Crippen LogP contribution in [0.15, 0.2) is 27.6 Å². The van der Waals surface area contributed by atoms with Crippen LogP contribution in [0.2, 0.25) is 0 Å². The van der Waals surface area contributed by atoms with Crippen LogP contribution in [0, 0.1) is 18.7 Å². The van der Waals surface area contributed by atoms with Crippen LogP contribution < -0.4 is 10.3 Å². The van der Waals surface area contributed by atoms with Crippen molar-refractivity contribution in [1.82, 2.24) is 9.97 Å². The van der Waals surface area contributed by atoms with E-state index in [1.54, 1.807) is 25.3 Å². The van der Waals surface area contributed by atoms with E-state index < -0.39 is 5.82 Å². The minimum Gasteiger partial charge on any atom is -0.489 e. The first-order valence-electron chi connectivity index (χ1n) is 8.32. The summed E-state index contributed by atoms with van der Waals surface area (Å²) in [6, 6.07) is 3.52. The number of pyridine rings is 2. The number of hydrogen-bond acceptors (Lipinski definition) is 3. The Kier molecular flexibility index (Phi) is 5.08. The average molecular weight is 407 g/mol. The van der Waals surface area contributed by atoms with E-state index in [9.17, 15) is 9.18 Å². The zero-order valence-corrected chi connectivity index (χ0v) is 16.0. The van der Waals surface area contributed by atoms with Gasteiger partial charge in [-0.2, -0.15) is 0 Å². The van der Waals surface area contributed by atoms with E-state index in [1.807, 2.05) is 0 Å². The number of halogens is 2. The Labute approximate surface area is 153 Å². The van der Waals surface area contributed by atoms with Gasteiger partial charge in [-0.05, 0) is 53.7 Å². The molecule has 0 aliphatic heterocycles. The molecule has 0 spiro atoms. The second kappa shape index (κ2) is 7.12. The van der Waals surface area contributed by atoms with Crippen LogP contribution in [0.25, 0.3) is 21.7 Å². The molecule has 0 amide bonds. The molecule has 0 atom stereocenters. The van der Waals surface area contributed by atoms with Gasteiger partial charge in [0.1, 0.15) is 0 Å². The Bertz CT molecular complexity index is 998. The topological polar surface area (TPSA) is 55.0 Å². The van der Waals surface area contributed by atoms with Crippen molar-refractivity contribution >= 4 is 37.6 Å². The van der Waals surface area contributed by atoms with E-state index in [1.165, 1.54) is 0 Å². The van der Waals surface area contributed by atoms with Crippen LogP contribution in [0.1, 0.15) is 32.4 Å². The van der Waals surface area contributed by atoms with Gasteiger partial charge in [-0.15, -0.1) is 0 Å². The summed E-state index contributed by atoms with van der Waals surface area (Å²) in [5.74, 6) is 0.160. The van der Waals surface area contributed by atoms with Crippen LogP contribution in [-0.4, -0.2) is 16.6 Å². The van der Waals surface area contributed by atoms with Crippen LogP contribution in [-0.2, 0) is 0 Å². The first-order valence-corrected chi connectivity index (χ1v) is 9.11. The second-order valence-electron chi connectivity index (χ2n) is 6.58. The van der Waals surface area contributed by atoms with Gasteiger partial charge in [0.05, 0.1) is 27.7 Å². The van der Waals surface area contributed by atoms with Gasteiger partial charge in [-0.3, -0.25) is 9.78 Å². The lowest BCUT2D eigenvalue weighted by Gasteiger charge is -2.13. The third-order valence-corrected chi connectivity index (χ3v) is 4.83. The predicted molar refractivity (Wildman–Crippen MR) is 102 cm³/mol. The molecule has 3 rings (SSSR count). The lowest BCUT2D eigenvalue weighted by atomic mass is 10.1. The van der Waals surface area contributed by atoms with Crippen molar-refractivity contribution < 1.29 is 9.13 Å². The first-order chi connectivity index (χ1) is 11.9. The van der Waals surface area contributed by atoms with Gasteiger partial charge >= 0.3 is 0 Å². The molecule has 1 N–H and O–H groups in total. The fourth-order valence-electron chi connectivity index (χ4n) is 2.99. The molecule has 132 valence electrons. The summed E-state index contributed by atoms with van der Waals surface area (Å²) in [5.41, 5.74) is 0.427. The number of aromatic nitrogens is 2. The number of H-pyrrole nitrogens is 1. The van der Waals surface area contributed by atoms with Crippen LogP contribution >= 0.6 is 15.9 Å². The number of rotatable bonds is 5. The number of benzene rings is 1. The van der Waals surface area contributed by atoms with E-state index in [-0.39, 0.29) is 16.8 Å². The lowest BCUT2D eigenvalue weighted by Crippen LogP contribution is -2.10. The molecule has 2 heterocycles. The zero-order chi connectivity index (χ0) is 18.1. The molecular formula is C19H20BrFN2O2. The predicted octanol–water partition coefficient (Wildman–Crippen LogP) is 5.10. The molecule has 1 aromatic carbocycles. The Morgan fingerprint density at radius 1 is 1.36 bits per heavy atom. The molecule has 4 nitrogen and oxygen atoms in total. The van der Waals surface area contributed by atoms with Gasteiger partial charge in [0, 0.05) is 17.0 Å². The Morgan fingerprint density at radius 2 is 2.12 bits per heavy atom. The Morgan fingerprint density at radius 3 is 2.84 bits per heavy atom. The number of aromatic amines is 1. The molecular weight excluding hydrogens is 387 g/mol. The van der Waals surface area contributed by atoms with Crippen molar-refractivity contribution in [2.75, 3.05) is 6.61 Å². The van der Waals surface area contributed by atoms with E-state index in [0.717, 1.165) is 12.8 Å². The summed E-state index contributed by atoms with van der Waals surface area (Å²) in [6.07, 6.45) is 3.49. The zero-order valence-electron chi connectivity index (χ0n) is 14.5. The average Bonchev–Trinajstić information content (AvgIpc) is 2.55. The summed E-state index contributed by atoms with van der Waals surface area (Å²) >= 11 is 3.40. The SMILES string of the molecule is Cc1nccc2c1c(=O)[nH]c1c(F)c(OCCCC(C)C)c(Br)cc12. The maximum absolute atomic E-state index is 15.0. The van der Waals surface area contributed by atoms with Gasteiger partial charge in [0.25, 0.3) is 5.56 Å². The first kappa shape index (κ1) is 17.9. The molecule has 0 fully saturated rings. The van der Waals surface area contributed by atoms with E-state index in [2.05, 4.69) is 39.7 Å². The van der Waals surface area contributed by atoms with Crippen molar-refractivity contribution in [3.8, 4) is 5.75 Å². The number of hydrogen-bond donors (Lipinski definition) is 1. The normalized spacial score (nSPS) is 11.6. The summed E-state index contributed by atoms with van der Waals surface area (Å²) in [6.45, 7) is 6.47. The molecule has 3 aromatic rings. The van der Waals surface area contributed by atoms with Gasteiger partial charge < -0.3 is 9.72 Å². The molecule has 0 unspecified atom stereocenters. The van der Waals surface area contributed by atoms with E-state index >= 15 is 0 Å². The number of aryl methyl sites for hydroxylation is 1. The standard InChI is InChI=1S/C19H20BrFN2O2/c1-10(2)5-4-8-25-18-14(20)9-13-12-6-7-22-11(3)15(12)19(24)23-17(13)16(18)21/h6-7,9-10H,4-5,8H2,1-3H3,(H,23,24). The Balaban J connectivity index is 2.11. The molecule has 25 heavy (non-hydrogen) atoms. The largest absolute Gasteiger partial charge is 0.489 e. The maximum atomic E-state index is 15.0. The molecule has 6 heteroatoms. The van der Waals surface area contributed by atoms with E-state index in [4.69, 9.17) is 4.74 Å². The molecule has 0 aliphatic rings. The Hall–Kier alpha value is -1.95. The molecule has 0 saturated carbocycles. The van der Waals surface area contributed by atoms with Crippen molar-refractivity contribution in [3.63, 3.8) is 0 Å². The highest BCUT2D eigenvalue weighted by molar-refractivity contribution is 9.10. The smallest absolute Gasteiger partial charge is 0.258 e. The highest BCUT2D eigenvalue weighted by Gasteiger charge is 2.18. The van der Waals surface area contributed by atoms with Gasteiger partial charge in [-0.1, -0.05) is 13.8 Å². The van der Waals surface area contributed by atoms with Gasteiger partial charge in [0.15, 0.2) is 11.6 Å². The lowest BCUT2D eigenvalue weighted by molar-refractivity contribution is 0.283. The molecule has 0 saturated heterocycles. The van der Waals surface area contributed by atoms with Crippen LogP contribution in [0.5, 0.6) is 5.75 Å². The molecule has 2 aromatic heterocycles. The number of nitrogens with one attached hydrogen (secondary N) is 1. The van der Waals surface area contributed by atoms with Crippen LogP contribution in [0.4, 0.5) is 4.39 Å². The van der Waals surface area contributed by atoms with Crippen molar-refractivity contribution in [2.45, 2.75) is 33.6 Å². The minimum atomic E-state index is -0.553. The van der Waals surface area contributed by atoms with Crippen molar-refractivity contribution in [2.24, 2.45) is 5.92 Å². The van der Waals surface area contributed by atoms with Crippen LogP contribution in [0.3, 0.4) is 0 Å². The molecule has 0 aliphatic carbocycles. The third kappa shape index (κ3) is 3.40. The highest BCUT2D eigenvalue weighted by atomic mass is 79.9. The number of fused-ring (bicyclic) bond motifs is 3. The summed E-state index contributed by atoms with van der Waals surface area (Å²) in [7, 11) is 0. The fourth-order valence-corrected chi connectivity index (χ4v) is 3.50. The quantitative estimate of drug-likeness (QED) is 0.473. The van der Waals surface area contributed by atoms with Gasteiger partial charge in [-0.25, -0.2) is 4.39 Å². The summed E-state index contributed by atoms with van der Waals surface area (Å²) in [5, 5.41) is 1.78. The maximum Gasteiger partial charge on any atom is 0.258 e. The second-order valence-corrected chi connectivity index (χ2v) is 7.44. The molecule has 0 bridgehead atoms. The van der Waals surface area contributed by atoms with Crippen molar-refractivity contribution in [1.29, 1.82) is 0 Å². The highest BCUT2D eigenvalue weighted by Crippen LogP contribution is 2.36.